The number of imidazole rings is 1. The molecule has 3 aromatic heterocycles. The number of halogens is 1. The number of nitrogens with zero attached hydrogens (tertiary/aromatic N) is 5. The van der Waals surface area contributed by atoms with Gasteiger partial charge in [-0.1, -0.05) is 36.2 Å². The van der Waals surface area contributed by atoms with Gasteiger partial charge in [0, 0.05) is 11.2 Å². The number of benzene rings is 1. The molecule has 0 saturated heterocycles. The van der Waals surface area contributed by atoms with E-state index in [2.05, 4.69) is 25.3 Å². The Morgan fingerprint density at radius 1 is 1.29 bits per heavy atom. The Morgan fingerprint density at radius 2 is 2.18 bits per heavy atom. The molecule has 0 fully saturated rings. The van der Waals surface area contributed by atoms with E-state index in [0.717, 1.165) is 17.6 Å². The molecule has 0 aliphatic heterocycles. The van der Waals surface area contributed by atoms with Gasteiger partial charge in [-0.25, -0.2) is 19.4 Å². The Hall–Kier alpha value is -3.26. The van der Waals surface area contributed by atoms with Crippen molar-refractivity contribution in [2.75, 3.05) is 0 Å². The zero-order valence-corrected chi connectivity index (χ0v) is 15.8. The Bertz CT molecular complexity index is 1100. The topological polar surface area (TPSA) is 98.6 Å². The van der Waals surface area contributed by atoms with E-state index in [0.29, 0.717) is 28.6 Å². The second-order valence-electron chi connectivity index (χ2n) is 6.16. The van der Waals surface area contributed by atoms with Crippen molar-refractivity contribution in [2.45, 2.75) is 26.4 Å². The van der Waals surface area contributed by atoms with Gasteiger partial charge in [0.2, 0.25) is 0 Å². The first-order valence-electron chi connectivity index (χ1n) is 8.83. The van der Waals surface area contributed by atoms with Gasteiger partial charge >= 0.3 is 5.97 Å². The number of aromatic nitrogens is 6. The SMILES string of the molecule is CCCc1c(C(=O)OCc2nc3ncccc3[nH]2)nnn1-c1cccc(Cl)c1. The summed E-state index contributed by atoms with van der Waals surface area (Å²) < 4.78 is 7.02. The predicted octanol–water partition coefficient (Wildman–Crippen LogP) is 3.50. The lowest BCUT2D eigenvalue weighted by molar-refractivity contribution is 0.0455. The van der Waals surface area contributed by atoms with Crippen molar-refractivity contribution < 1.29 is 9.53 Å². The summed E-state index contributed by atoms with van der Waals surface area (Å²) in [7, 11) is 0. The summed E-state index contributed by atoms with van der Waals surface area (Å²) in [6.45, 7) is 2.01. The number of rotatable bonds is 6. The summed E-state index contributed by atoms with van der Waals surface area (Å²) >= 11 is 6.08. The van der Waals surface area contributed by atoms with Crippen LogP contribution in [0.1, 0.15) is 35.4 Å². The Balaban J connectivity index is 1.56. The van der Waals surface area contributed by atoms with Crippen LogP contribution in [-0.2, 0) is 17.8 Å². The molecule has 0 aliphatic carbocycles. The highest BCUT2D eigenvalue weighted by Gasteiger charge is 2.22. The van der Waals surface area contributed by atoms with Crippen LogP contribution >= 0.6 is 11.6 Å². The van der Waals surface area contributed by atoms with E-state index in [1.54, 1.807) is 23.0 Å². The number of hydrogen-bond acceptors (Lipinski definition) is 6. The van der Waals surface area contributed by atoms with E-state index in [4.69, 9.17) is 16.3 Å². The standard InChI is InChI=1S/C19H17ClN6O2/c1-2-5-15-17(24-25-26(15)13-7-3-6-12(20)10-13)19(27)28-11-16-22-14-8-4-9-21-18(14)23-16/h3-4,6-10H,2,5,11H2,1H3,(H,21,22,23). The van der Waals surface area contributed by atoms with Crippen LogP contribution in [0.2, 0.25) is 5.02 Å². The van der Waals surface area contributed by atoms with Gasteiger partial charge < -0.3 is 9.72 Å². The summed E-state index contributed by atoms with van der Waals surface area (Å²) in [6.07, 6.45) is 3.10. The summed E-state index contributed by atoms with van der Waals surface area (Å²) in [6, 6.07) is 10.9. The van der Waals surface area contributed by atoms with Gasteiger partial charge in [-0.05, 0) is 36.8 Å². The first-order valence-corrected chi connectivity index (χ1v) is 9.20. The molecule has 8 nitrogen and oxygen atoms in total. The Kier molecular flexibility index (Phi) is 5.03. The van der Waals surface area contributed by atoms with E-state index < -0.39 is 5.97 Å². The third-order valence-corrected chi connectivity index (χ3v) is 4.38. The highest BCUT2D eigenvalue weighted by atomic mass is 35.5. The number of ether oxygens (including phenoxy) is 1. The van der Waals surface area contributed by atoms with Crippen LogP contribution in [0.15, 0.2) is 42.6 Å². The first-order chi connectivity index (χ1) is 13.7. The van der Waals surface area contributed by atoms with Crippen molar-refractivity contribution in [3.63, 3.8) is 0 Å². The van der Waals surface area contributed by atoms with Crippen LogP contribution in [0.25, 0.3) is 16.9 Å². The number of fused-ring (bicyclic) bond motifs is 1. The molecular weight excluding hydrogens is 380 g/mol. The lowest BCUT2D eigenvalue weighted by Crippen LogP contribution is -2.11. The Morgan fingerprint density at radius 3 is 2.96 bits per heavy atom. The fourth-order valence-electron chi connectivity index (χ4n) is 2.90. The van der Waals surface area contributed by atoms with E-state index in [9.17, 15) is 4.79 Å². The first kappa shape index (κ1) is 18.1. The van der Waals surface area contributed by atoms with Crippen LogP contribution in [0.3, 0.4) is 0 Å². The summed E-state index contributed by atoms with van der Waals surface area (Å²) in [5.41, 5.74) is 2.97. The van der Waals surface area contributed by atoms with Gasteiger partial charge in [-0.2, -0.15) is 0 Å². The Labute approximate surface area is 165 Å². The van der Waals surface area contributed by atoms with Crippen molar-refractivity contribution in [3.05, 3.63) is 64.8 Å². The summed E-state index contributed by atoms with van der Waals surface area (Å²) in [5, 5.41) is 8.76. The second kappa shape index (κ2) is 7.77. The lowest BCUT2D eigenvalue weighted by atomic mass is 10.2. The predicted molar refractivity (Wildman–Crippen MR) is 103 cm³/mol. The van der Waals surface area contributed by atoms with Crippen molar-refractivity contribution in [1.29, 1.82) is 0 Å². The monoisotopic (exact) mass is 396 g/mol. The number of aromatic amines is 1. The minimum Gasteiger partial charge on any atom is -0.453 e. The molecule has 1 N–H and O–H groups in total. The maximum absolute atomic E-state index is 12.6. The van der Waals surface area contributed by atoms with Crippen molar-refractivity contribution in [3.8, 4) is 5.69 Å². The molecule has 0 unspecified atom stereocenters. The van der Waals surface area contributed by atoms with Gasteiger partial charge in [-0.15, -0.1) is 5.10 Å². The summed E-state index contributed by atoms with van der Waals surface area (Å²) in [4.78, 5) is 24.1. The molecule has 0 amide bonds. The largest absolute Gasteiger partial charge is 0.453 e. The zero-order valence-electron chi connectivity index (χ0n) is 15.1. The number of pyridine rings is 1. The lowest BCUT2D eigenvalue weighted by Gasteiger charge is -2.07. The van der Waals surface area contributed by atoms with Crippen molar-refractivity contribution in [1.82, 2.24) is 29.9 Å². The third kappa shape index (κ3) is 3.59. The number of esters is 1. The molecule has 0 spiro atoms. The second-order valence-corrected chi connectivity index (χ2v) is 6.60. The average Bonchev–Trinajstić information content (AvgIpc) is 3.30. The third-order valence-electron chi connectivity index (χ3n) is 4.14. The number of H-pyrrole nitrogens is 1. The van der Waals surface area contributed by atoms with Crippen LogP contribution in [0.5, 0.6) is 0 Å². The highest BCUT2D eigenvalue weighted by Crippen LogP contribution is 2.19. The molecule has 0 saturated carbocycles. The maximum Gasteiger partial charge on any atom is 0.361 e. The molecule has 4 rings (SSSR count). The molecule has 1 aromatic carbocycles. The molecule has 9 heteroatoms. The van der Waals surface area contributed by atoms with Crippen LogP contribution in [0.4, 0.5) is 0 Å². The van der Waals surface area contributed by atoms with E-state index >= 15 is 0 Å². The quantitative estimate of drug-likeness (QED) is 0.501. The van der Waals surface area contributed by atoms with Crippen LogP contribution in [-0.4, -0.2) is 35.9 Å². The molecule has 142 valence electrons. The van der Waals surface area contributed by atoms with Gasteiger partial charge in [-0.3, -0.25) is 0 Å². The average molecular weight is 397 g/mol. The normalized spacial score (nSPS) is 11.1. The maximum atomic E-state index is 12.6. The van der Waals surface area contributed by atoms with Crippen molar-refractivity contribution in [2.24, 2.45) is 0 Å². The molecule has 0 atom stereocenters. The number of carbonyl (C=O) groups excluding carboxylic acids is 1. The number of carbonyl (C=O) groups is 1. The van der Waals surface area contributed by atoms with Gasteiger partial charge in [0.25, 0.3) is 0 Å². The molecule has 0 bridgehead atoms. The van der Waals surface area contributed by atoms with E-state index in [-0.39, 0.29) is 12.3 Å². The fourth-order valence-corrected chi connectivity index (χ4v) is 3.09. The molecule has 4 aromatic rings. The smallest absolute Gasteiger partial charge is 0.361 e. The van der Waals surface area contributed by atoms with E-state index in [1.165, 1.54) is 0 Å². The summed E-state index contributed by atoms with van der Waals surface area (Å²) in [5.74, 6) is -0.0357. The van der Waals surface area contributed by atoms with Crippen LogP contribution < -0.4 is 0 Å². The molecule has 28 heavy (non-hydrogen) atoms. The molecule has 3 heterocycles. The molecule has 0 radical (unpaired) electrons. The number of nitrogens with one attached hydrogen (secondary N) is 1. The number of hydrogen-bond donors (Lipinski definition) is 1. The van der Waals surface area contributed by atoms with Gasteiger partial charge in [0.05, 0.1) is 16.9 Å². The molecular formula is C19H17ClN6O2. The fraction of sp³-hybridized carbons (Fsp3) is 0.211. The van der Waals surface area contributed by atoms with Crippen LogP contribution in [0, 0.1) is 0 Å². The zero-order chi connectivity index (χ0) is 19.5. The van der Waals surface area contributed by atoms with Gasteiger partial charge in [0.1, 0.15) is 12.4 Å². The van der Waals surface area contributed by atoms with Crippen molar-refractivity contribution >= 4 is 28.7 Å². The minimum absolute atomic E-state index is 0.00914. The minimum atomic E-state index is -0.551. The molecule has 0 aliphatic rings. The van der Waals surface area contributed by atoms with Gasteiger partial charge in [0.15, 0.2) is 11.3 Å². The highest BCUT2D eigenvalue weighted by molar-refractivity contribution is 6.30. The van der Waals surface area contributed by atoms with E-state index in [1.807, 2.05) is 31.2 Å².